The lowest BCUT2D eigenvalue weighted by Crippen LogP contribution is -2.04. The van der Waals surface area contributed by atoms with Crippen molar-refractivity contribution in [3.8, 4) is 0 Å². The summed E-state index contributed by atoms with van der Waals surface area (Å²) in [6, 6.07) is 0.372. The lowest BCUT2D eigenvalue weighted by atomic mass is 10.4. The molecule has 0 amide bonds. The van der Waals surface area contributed by atoms with Gasteiger partial charge in [0.15, 0.2) is 5.69 Å². The highest BCUT2D eigenvalue weighted by atomic mass is 16.6. The Morgan fingerprint density at radius 3 is 3.08 bits per heavy atom. The predicted octanol–water partition coefficient (Wildman–Crippen LogP) is 1.14. The summed E-state index contributed by atoms with van der Waals surface area (Å²) in [4.78, 5) is 9.99. The van der Waals surface area contributed by atoms with Gasteiger partial charge in [0.25, 0.3) is 0 Å². The molecule has 1 heterocycles. The van der Waals surface area contributed by atoms with Crippen molar-refractivity contribution in [3.05, 3.63) is 16.3 Å². The zero-order chi connectivity index (χ0) is 9.42. The molecule has 1 saturated carbocycles. The Kier molecular flexibility index (Phi) is 1.68. The SMILES string of the molecule is CC1CC1Nc1cn[nH]c1[N+](=O)[O-]. The highest BCUT2D eigenvalue weighted by molar-refractivity contribution is 5.56. The molecule has 1 aromatic rings. The van der Waals surface area contributed by atoms with E-state index in [-0.39, 0.29) is 5.82 Å². The quantitative estimate of drug-likeness (QED) is 0.542. The van der Waals surface area contributed by atoms with Crippen LogP contribution in [0.3, 0.4) is 0 Å². The summed E-state index contributed by atoms with van der Waals surface area (Å²) in [6.45, 7) is 2.10. The first-order valence-electron chi connectivity index (χ1n) is 4.13. The molecule has 13 heavy (non-hydrogen) atoms. The van der Waals surface area contributed by atoms with Gasteiger partial charge in [-0.1, -0.05) is 12.0 Å². The summed E-state index contributed by atoms with van der Waals surface area (Å²) < 4.78 is 0. The number of nitro groups is 1. The van der Waals surface area contributed by atoms with Crippen molar-refractivity contribution in [2.24, 2.45) is 5.92 Å². The molecule has 0 aromatic carbocycles. The Bertz CT molecular complexity index is 335. The van der Waals surface area contributed by atoms with Crippen molar-refractivity contribution >= 4 is 11.5 Å². The van der Waals surface area contributed by atoms with Gasteiger partial charge in [-0.15, -0.1) is 5.10 Å². The third-order valence-corrected chi connectivity index (χ3v) is 2.25. The molecule has 2 atom stereocenters. The number of nitrogens with one attached hydrogen (secondary N) is 2. The number of H-pyrrole nitrogens is 1. The van der Waals surface area contributed by atoms with Gasteiger partial charge in [0, 0.05) is 6.04 Å². The standard InChI is InChI=1S/C7H10N4O2/c1-4-2-5(4)9-6-3-8-10-7(6)11(12)13/h3-5,9H,2H2,1H3,(H,8,10). The molecule has 6 nitrogen and oxygen atoms in total. The third-order valence-electron chi connectivity index (χ3n) is 2.25. The topological polar surface area (TPSA) is 83.8 Å². The number of hydrogen-bond acceptors (Lipinski definition) is 4. The number of nitrogens with zero attached hydrogens (tertiary/aromatic N) is 2. The Hall–Kier alpha value is -1.59. The van der Waals surface area contributed by atoms with Crippen LogP contribution in [0, 0.1) is 16.0 Å². The Labute approximate surface area is 74.5 Å². The van der Waals surface area contributed by atoms with Gasteiger partial charge in [0.2, 0.25) is 0 Å². The van der Waals surface area contributed by atoms with Crippen molar-refractivity contribution in [3.63, 3.8) is 0 Å². The Morgan fingerprint density at radius 2 is 2.54 bits per heavy atom. The number of aromatic amines is 1. The van der Waals surface area contributed by atoms with Crippen LogP contribution >= 0.6 is 0 Å². The van der Waals surface area contributed by atoms with Gasteiger partial charge in [0.1, 0.15) is 6.20 Å². The minimum absolute atomic E-state index is 0.0564. The Morgan fingerprint density at radius 1 is 1.85 bits per heavy atom. The molecule has 0 aliphatic heterocycles. The van der Waals surface area contributed by atoms with Gasteiger partial charge >= 0.3 is 5.82 Å². The van der Waals surface area contributed by atoms with E-state index in [4.69, 9.17) is 0 Å². The second kappa shape index (κ2) is 2.72. The summed E-state index contributed by atoms with van der Waals surface area (Å²) in [5, 5.41) is 19.5. The average Bonchev–Trinajstić information content (AvgIpc) is 2.62. The molecular weight excluding hydrogens is 172 g/mol. The molecule has 0 spiro atoms. The fourth-order valence-corrected chi connectivity index (χ4v) is 1.25. The minimum atomic E-state index is -0.470. The first-order chi connectivity index (χ1) is 6.18. The van der Waals surface area contributed by atoms with Gasteiger partial charge < -0.3 is 15.4 Å². The highest BCUT2D eigenvalue weighted by Gasteiger charge is 2.34. The molecule has 2 rings (SSSR count). The van der Waals surface area contributed by atoms with Crippen molar-refractivity contribution in [2.45, 2.75) is 19.4 Å². The van der Waals surface area contributed by atoms with E-state index in [0.717, 1.165) is 6.42 Å². The summed E-state index contributed by atoms with van der Waals surface area (Å²) in [6.07, 6.45) is 2.52. The van der Waals surface area contributed by atoms with Crippen LogP contribution in [0.25, 0.3) is 0 Å². The van der Waals surface area contributed by atoms with Crippen molar-refractivity contribution < 1.29 is 4.92 Å². The van der Waals surface area contributed by atoms with E-state index < -0.39 is 4.92 Å². The van der Waals surface area contributed by atoms with E-state index >= 15 is 0 Å². The second-order valence-electron chi connectivity index (χ2n) is 3.35. The van der Waals surface area contributed by atoms with Crippen LogP contribution in [0.2, 0.25) is 0 Å². The molecule has 1 aliphatic carbocycles. The van der Waals surface area contributed by atoms with Crippen LogP contribution in [-0.2, 0) is 0 Å². The van der Waals surface area contributed by atoms with Crippen LogP contribution in [0.1, 0.15) is 13.3 Å². The van der Waals surface area contributed by atoms with Gasteiger partial charge in [-0.05, 0) is 17.3 Å². The van der Waals surface area contributed by atoms with Crippen molar-refractivity contribution in [1.82, 2.24) is 10.2 Å². The maximum Gasteiger partial charge on any atom is 0.366 e. The molecule has 1 aromatic heterocycles. The number of hydrogen-bond donors (Lipinski definition) is 2. The van der Waals surface area contributed by atoms with Gasteiger partial charge in [-0.25, -0.2) is 0 Å². The molecule has 70 valence electrons. The number of anilines is 1. The number of rotatable bonds is 3. The largest absolute Gasteiger partial charge is 0.374 e. The Balaban J connectivity index is 2.11. The highest BCUT2D eigenvalue weighted by Crippen LogP contribution is 2.34. The molecule has 2 unspecified atom stereocenters. The van der Waals surface area contributed by atoms with Crippen LogP contribution in [0.5, 0.6) is 0 Å². The second-order valence-corrected chi connectivity index (χ2v) is 3.35. The maximum atomic E-state index is 10.5. The van der Waals surface area contributed by atoms with E-state index in [1.807, 2.05) is 0 Å². The number of aromatic nitrogens is 2. The van der Waals surface area contributed by atoms with Crippen molar-refractivity contribution in [1.29, 1.82) is 0 Å². The van der Waals surface area contributed by atoms with E-state index in [9.17, 15) is 10.1 Å². The zero-order valence-electron chi connectivity index (χ0n) is 7.15. The lowest BCUT2D eigenvalue weighted by molar-refractivity contribution is -0.388. The average molecular weight is 182 g/mol. The smallest absolute Gasteiger partial charge is 0.366 e. The minimum Gasteiger partial charge on any atom is -0.374 e. The summed E-state index contributed by atoms with van der Waals surface area (Å²) in [5.41, 5.74) is 0.486. The normalized spacial score (nSPS) is 25.6. The molecule has 1 fully saturated rings. The van der Waals surface area contributed by atoms with Crippen LogP contribution in [0.4, 0.5) is 11.5 Å². The molecule has 2 N–H and O–H groups in total. The van der Waals surface area contributed by atoms with Crippen LogP contribution in [0.15, 0.2) is 6.20 Å². The van der Waals surface area contributed by atoms with Gasteiger partial charge in [-0.3, -0.25) is 0 Å². The fraction of sp³-hybridized carbons (Fsp3) is 0.571. The fourth-order valence-electron chi connectivity index (χ4n) is 1.25. The first kappa shape index (κ1) is 8.03. The first-order valence-corrected chi connectivity index (χ1v) is 4.13. The molecule has 0 bridgehead atoms. The van der Waals surface area contributed by atoms with E-state index in [0.29, 0.717) is 17.6 Å². The molecule has 6 heteroatoms. The summed E-state index contributed by atoms with van der Waals surface area (Å²) in [5.74, 6) is 0.550. The maximum absolute atomic E-state index is 10.5. The molecule has 1 aliphatic rings. The van der Waals surface area contributed by atoms with Crippen LogP contribution in [-0.4, -0.2) is 21.2 Å². The van der Waals surface area contributed by atoms with E-state index in [2.05, 4.69) is 22.4 Å². The summed E-state index contributed by atoms with van der Waals surface area (Å²) in [7, 11) is 0. The molecule has 0 radical (unpaired) electrons. The molecular formula is C7H10N4O2. The van der Waals surface area contributed by atoms with Gasteiger partial charge in [0.05, 0.1) is 0 Å². The predicted molar refractivity (Wildman–Crippen MR) is 46.4 cm³/mol. The van der Waals surface area contributed by atoms with Crippen molar-refractivity contribution in [2.75, 3.05) is 5.32 Å². The molecule has 0 saturated heterocycles. The van der Waals surface area contributed by atoms with E-state index in [1.54, 1.807) is 0 Å². The third kappa shape index (κ3) is 1.47. The summed E-state index contributed by atoms with van der Waals surface area (Å²) >= 11 is 0. The van der Waals surface area contributed by atoms with Crippen LogP contribution < -0.4 is 5.32 Å². The van der Waals surface area contributed by atoms with Gasteiger partial charge in [-0.2, -0.15) is 0 Å². The lowest BCUT2D eigenvalue weighted by Gasteiger charge is -2.00. The van der Waals surface area contributed by atoms with E-state index in [1.165, 1.54) is 6.20 Å². The zero-order valence-corrected chi connectivity index (χ0v) is 7.15. The monoisotopic (exact) mass is 182 g/mol.